The molecule has 2 amide bonds. The van der Waals surface area contributed by atoms with Gasteiger partial charge in [-0.3, -0.25) is 14.5 Å². The van der Waals surface area contributed by atoms with Crippen molar-refractivity contribution >= 4 is 17.8 Å². The van der Waals surface area contributed by atoms with E-state index in [1.165, 1.54) is 12.1 Å². The first-order valence-electron chi connectivity index (χ1n) is 7.00. The van der Waals surface area contributed by atoms with Gasteiger partial charge in [-0.1, -0.05) is 24.3 Å². The highest BCUT2D eigenvalue weighted by atomic mass is 16.5. The molecular weight excluding hydrogens is 298 g/mol. The van der Waals surface area contributed by atoms with Crippen molar-refractivity contribution in [3.05, 3.63) is 65.2 Å². The zero-order valence-electron chi connectivity index (χ0n) is 12.1. The molecule has 2 aromatic rings. The van der Waals surface area contributed by atoms with Gasteiger partial charge in [0.2, 0.25) is 0 Å². The van der Waals surface area contributed by atoms with Crippen LogP contribution < -0.4 is 4.74 Å². The number of aromatic carboxylic acids is 1. The zero-order chi connectivity index (χ0) is 16.4. The van der Waals surface area contributed by atoms with Crippen molar-refractivity contribution < 1.29 is 24.2 Å². The van der Waals surface area contributed by atoms with Crippen LogP contribution in [-0.4, -0.2) is 40.9 Å². The number of imide groups is 1. The molecule has 23 heavy (non-hydrogen) atoms. The molecule has 1 aliphatic heterocycles. The molecule has 0 bridgehead atoms. The summed E-state index contributed by atoms with van der Waals surface area (Å²) in [6.07, 6.45) is 0. The van der Waals surface area contributed by atoms with Gasteiger partial charge in [-0.25, -0.2) is 4.79 Å². The lowest BCUT2D eigenvalue weighted by Gasteiger charge is -2.15. The van der Waals surface area contributed by atoms with E-state index in [2.05, 4.69) is 0 Å². The van der Waals surface area contributed by atoms with Crippen LogP contribution in [0.1, 0.15) is 31.1 Å². The van der Waals surface area contributed by atoms with Crippen LogP contribution in [0.5, 0.6) is 5.75 Å². The molecule has 0 unspecified atom stereocenters. The van der Waals surface area contributed by atoms with E-state index in [4.69, 9.17) is 9.84 Å². The van der Waals surface area contributed by atoms with Crippen molar-refractivity contribution in [1.29, 1.82) is 0 Å². The van der Waals surface area contributed by atoms with Crippen LogP contribution in [-0.2, 0) is 0 Å². The maximum atomic E-state index is 12.2. The number of nitrogens with zero attached hydrogens (tertiary/aromatic N) is 1. The second-order valence-corrected chi connectivity index (χ2v) is 4.96. The van der Waals surface area contributed by atoms with E-state index in [9.17, 15) is 14.4 Å². The molecule has 0 saturated carbocycles. The van der Waals surface area contributed by atoms with Crippen molar-refractivity contribution in [3.63, 3.8) is 0 Å². The smallest absolute Gasteiger partial charge is 0.339 e. The van der Waals surface area contributed by atoms with Gasteiger partial charge in [0, 0.05) is 0 Å². The number of carbonyl (C=O) groups is 3. The Bertz CT molecular complexity index is 764. The van der Waals surface area contributed by atoms with Gasteiger partial charge < -0.3 is 9.84 Å². The maximum absolute atomic E-state index is 12.2. The van der Waals surface area contributed by atoms with Crippen molar-refractivity contribution in [1.82, 2.24) is 4.90 Å². The molecule has 0 radical (unpaired) electrons. The molecule has 3 rings (SSSR count). The summed E-state index contributed by atoms with van der Waals surface area (Å²) in [6, 6.07) is 12.8. The lowest BCUT2D eigenvalue weighted by atomic mass is 10.1. The summed E-state index contributed by atoms with van der Waals surface area (Å²) in [5.41, 5.74) is 0.793. The second-order valence-electron chi connectivity index (χ2n) is 4.96. The average molecular weight is 311 g/mol. The Hall–Kier alpha value is -3.15. The Labute approximate surface area is 131 Å². The summed E-state index contributed by atoms with van der Waals surface area (Å²) in [5.74, 6) is -1.61. The molecule has 1 heterocycles. The average Bonchev–Trinajstić information content (AvgIpc) is 2.80. The van der Waals surface area contributed by atoms with E-state index in [0.29, 0.717) is 11.1 Å². The highest BCUT2D eigenvalue weighted by molar-refractivity contribution is 6.21. The molecule has 6 heteroatoms. The molecule has 2 aromatic carbocycles. The lowest BCUT2D eigenvalue weighted by molar-refractivity contribution is 0.0621. The van der Waals surface area contributed by atoms with Crippen LogP contribution in [0.15, 0.2) is 48.5 Å². The standard InChI is InChI=1S/C17H13NO5/c19-15-11-5-1-2-6-12(11)16(20)18(15)9-10-23-14-8-4-3-7-13(14)17(21)22/h1-8H,9-10H2,(H,21,22). The molecule has 1 aliphatic rings. The second kappa shape index (κ2) is 5.92. The molecule has 0 fully saturated rings. The normalized spacial score (nSPS) is 13.1. The molecule has 0 aliphatic carbocycles. The number of benzene rings is 2. The maximum Gasteiger partial charge on any atom is 0.339 e. The fourth-order valence-electron chi connectivity index (χ4n) is 2.46. The van der Waals surface area contributed by atoms with Crippen molar-refractivity contribution in [2.45, 2.75) is 0 Å². The summed E-state index contributed by atoms with van der Waals surface area (Å²) in [5, 5.41) is 9.08. The highest BCUT2D eigenvalue weighted by Crippen LogP contribution is 2.22. The topological polar surface area (TPSA) is 83.9 Å². The predicted molar refractivity (Wildman–Crippen MR) is 80.7 cm³/mol. The summed E-state index contributed by atoms with van der Waals surface area (Å²) >= 11 is 0. The van der Waals surface area contributed by atoms with Gasteiger partial charge in [0.15, 0.2) is 0 Å². The van der Waals surface area contributed by atoms with Crippen molar-refractivity contribution in [2.75, 3.05) is 13.2 Å². The lowest BCUT2D eigenvalue weighted by Crippen LogP contribution is -2.33. The van der Waals surface area contributed by atoms with Crippen LogP contribution in [0, 0.1) is 0 Å². The van der Waals surface area contributed by atoms with Gasteiger partial charge in [0.05, 0.1) is 17.7 Å². The largest absolute Gasteiger partial charge is 0.491 e. The van der Waals surface area contributed by atoms with Crippen molar-refractivity contribution in [3.8, 4) is 5.75 Å². The van der Waals surface area contributed by atoms with Gasteiger partial charge in [-0.05, 0) is 24.3 Å². The first kappa shape index (κ1) is 14.8. The van der Waals surface area contributed by atoms with Gasteiger partial charge in [-0.2, -0.15) is 0 Å². The van der Waals surface area contributed by atoms with E-state index in [1.807, 2.05) is 0 Å². The minimum absolute atomic E-state index is 0.0236. The minimum atomic E-state index is -1.10. The number of carboxylic acids is 1. The number of fused-ring (bicyclic) bond motifs is 1. The Morgan fingerprint density at radius 1 is 0.957 bits per heavy atom. The molecule has 6 nitrogen and oxygen atoms in total. The predicted octanol–water partition coefficient (Wildman–Crippen LogP) is 2.06. The number of hydrogen-bond acceptors (Lipinski definition) is 4. The van der Waals surface area contributed by atoms with E-state index in [1.54, 1.807) is 36.4 Å². The Balaban J connectivity index is 1.68. The Morgan fingerprint density at radius 3 is 2.13 bits per heavy atom. The molecule has 116 valence electrons. The van der Waals surface area contributed by atoms with E-state index >= 15 is 0 Å². The summed E-state index contributed by atoms with van der Waals surface area (Å²) in [7, 11) is 0. The fraction of sp³-hybridized carbons (Fsp3) is 0.118. The van der Waals surface area contributed by atoms with Crippen LogP contribution in [0.25, 0.3) is 0 Å². The van der Waals surface area contributed by atoms with E-state index in [-0.39, 0.29) is 36.3 Å². The van der Waals surface area contributed by atoms with Crippen LogP contribution in [0.2, 0.25) is 0 Å². The monoisotopic (exact) mass is 311 g/mol. The summed E-state index contributed by atoms with van der Waals surface area (Å²) < 4.78 is 5.43. The number of hydrogen-bond donors (Lipinski definition) is 1. The van der Waals surface area contributed by atoms with Crippen molar-refractivity contribution in [2.24, 2.45) is 0 Å². The first-order chi connectivity index (χ1) is 11.1. The fourth-order valence-corrected chi connectivity index (χ4v) is 2.46. The van der Waals surface area contributed by atoms with E-state index < -0.39 is 5.97 Å². The number of ether oxygens (including phenoxy) is 1. The van der Waals surface area contributed by atoms with Gasteiger partial charge in [0.1, 0.15) is 17.9 Å². The number of carboxylic acid groups (broad SMARTS) is 1. The van der Waals surface area contributed by atoms with Crippen LogP contribution in [0.3, 0.4) is 0 Å². The molecule has 0 atom stereocenters. The van der Waals surface area contributed by atoms with Gasteiger partial charge >= 0.3 is 5.97 Å². The molecule has 0 aromatic heterocycles. The summed E-state index contributed by atoms with van der Waals surface area (Å²) in [4.78, 5) is 36.6. The third kappa shape index (κ3) is 2.66. The quantitative estimate of drug-likeness (QED) is 0.854. The number of amides is 2. The van der Waals surface area contributed by atoms with Gasteiger partial charge in [-0.15, -0.1) is 0 Å². The summed E-state index contributed by atoms with van der Waals surface area (Å²) in [6.45, 7) is 0.0794. The van der Waals surface area contributed by atoms with Gasteiger partial charge in [0.25, 0.3) is 11.8 Å². The van der Waals surface area contributed by atoms with Crippen LogP contribution >= 0.6 is 0 Å². The minimum Gasteiger partial charge on any atom is -0.491 e. The highest BCUT2D eigenvalue weighted by Gasteiger charge is 2.34. The molecule has 0 spiro atoms. The van der Waals surface area contributed by atoms with E-state index in [0.717, 1.165) is 4.90 Å². The zero-order valence-corrected chi connectivity index (χ0v) is 12.1. The number of rotatable bonds is 5. The Kier molecular flexibility index (Phi) is 3.80. The van der Waals surface area contributed by atoms with Crippen LogP contribution in [0.4, 0.5) is 0 Å². The SMILES string of the molecule is O=C(O)c1ccccc1OCCN1C(=O)c2ccccc2C1=O. The molecule has 1 N–H and O–H groups in total. The molecular formula is C17H13NO5. The number of carbonyl (C=O) groups excluding carboxylic acids is 2. The Morgan fingerprint density at radius 2 is 1.52 bits per heavy atom. The first-order valence-corrected chi connectivity index (χ1v) is 7.00. The molecule has 0 saturated heterocycles. The number of para-hydroxylation sites is 1. The third-order valence-corrected chi connectivity index (χ3v) is 3.57. The third-order valence-electron chi connectivity index (χ3n) is 3.57.